The summed E-state index contributed by atoms with van der Waals surface area (Å²) in [6.07, 6.45) is 0. The molecule has 20 heavy (non-hydrogen) atoms. The van der Waals surface area contributed by atoms with Gasteiger partial charge in [-0.1, -0.05) is 53.7 Å². The lowest BCUT2D eigenvalue weighted by molar-refractivity contribution is 0.720. The predicted molar refractivity (Wildman–Crippen MR) is 81.3 cm³/mol. The largest absolute Gasteiger partial charge is 0.247 e. The van der Waals surface area contributed by atoms with E-state index in [0.29, 0.717) is 0 Å². The van der Waals surface area contributed by atoms with Gasteiger partial charge < -0.3 is 0 Å². The normalized spacial score (nSPS) is 10.8. The average molecular weight is 263 g/mol. The van der Waals surface area contributed by atoms with Crippen molar-refractivity contribution in [1.29, 1.82) is 0 Å². The molecule has 0 saturated heterocycles. The summed E-state index contributed by atoms with van der Waals surface area (Å²) in [5, 5.41) is 8.60. The Morgan fingerprint density at radius 2 is 1.35 bits per heavy atom. The van der Waals surface area contributed by atoms with Crippen LogP contribution in [-0.4, -0.2) is 15.0 Å². The molecule has 0 aliphatic heterocycles. The molecule has 3 rings (SSSR count). The van der Waals surface area contributed by atoms with Crippen LogP contribution in [0.3, 0.4) is 0 Å². The Hall–Kier alpha value is -2.42. The minimum absolute atomic E-state index is 0.944. The SMILES string of the molecule is Cc1ccccc1-c1nnn(C)c1-c1ccccc1C. The third-order valence-corrected chi connectivity index (χ3v) is 3.63. The number of hydrogen-bond donors (Lipinski definition) is 0. The molecule has 3 heteroatoms. The van der Waals surface area contributed by atoms with Gasteiger partial charge in [0.05, 0.1) is 5.69 Å². The van der Waals surface area contributed by atoms with E-state index in [1.165, 1.54) is 16.7 Å². The highest BCUT2D eigenvalue weighted by Gasteiger charge is 2.17. The quantitative estimate of drug-likeness (QED) is 0.704. The second-order valence-corrected chi connectivity index (χ2v) is 5.04. The van der Waals surface area contributed by atoms with Gasteiger partial charge in [0.25, 0.3) is 0 Å². The molecular weight excluding hydrogens is 246 g/mol. The molecule has 0 spiro atoms. The molecule has 2 aromatic carbocycles. The first kappa shape index (κ1) is 12.6. The summed E-state index contributed by atoms with van der Waals surface area (Å²) in [5.74, 6) is 0. The van der Waals surface area contributed by atoms with E-state index in [1.807, 2.05) is 23.9 Å². The molecule has 0 atom stereocenters. The Morgan fingerprint density at radius 3 is 1.95 bits per heavy atom. The third-order valence-electron chi connectivity index (χ3n) is 3.63. The van der Waals surface area contributed by atoms with Crippen molar-refractivity contribution in [2.75, 3.05) is 0 Å². The number of hydrogen-bond acceptors (Lipinski definition) is 2. The molecule has 0 N–H and O–H groups in total. The molecule has 0 fully saturated rings. The van der Waals surface area contributed by atoms with E-state index in [-0.39, 0.29) is 0 Å². The summed E-state index contributed by atoms with van der Waals surface area (Å²) < 4.78 is 1.85. The number of aromatic nitrogens is 3. The zero-order chi connectivity index (χ0) is 14.1. The summed E-state index contributed by atoms with van der Waals surface area (Å²) in [6, 6.07) is 16.6. The first-order valence-electron chi connectivity index (χ1n) is 6.70. The minimum Gasteiger partial charge on any atom is -0.247 e. The molecule has 0 amide bonds. The Balaban J connectivity index is 2.26. The van der Waals surface area contributed by atoms with Crippen molar-refractivity contribution in [3.8, 4) is 22.5 Å². The maximum absolute atomic E-state index is 4.38. The Morgan fingerprint density at radius 1 is 0.800 bits per heavy atom. The Bertz CT molecular complexity index is 756. The first-order chi connectivity index (χ1) is 9.68. The van der Waals surface area contributed by atoms with E-state index < -0.39 is 0 Å². The molecular formula is C17H17N3. The smallest absolute Gasteiger partial charge is 0.121 e. The van der Waals surface area contributed by atoms with Crippen LogP contribution in [0.4, 0.5) is 0 Å². The Labute approximate surface area is 118 Å². The van der Waals surface area contributed by atoms with E-state index in [2.05, 4.69) is 60.6 Å². The van der Waals surface area contributed by atoms with Gasteiger partial charge in [0, 0.05) is 18.2 Å². The highest BCUT2D eigenvalue weighted by molar-refractivity contribution is 5.80. The summed E-state index contributed by atoms with van der Waals surface area (Å²) in [6.45, 7) is 4.22. The molecule has 0 aliphatic carbocycles. The predicted octanol–water partition coefficient (Wildman–Crippen LogP) is 3.77. The summed E-state index contributed by atoms with van der Waals surface area (Å²) in [7, 11) is 1.94. The van der Waals surface area contributed by atoms with Crippen LogP contribution in [0.15, 0.2) is 48.5 Å². The maximum atomic E-state index is 4.38. The van der Waals surface area contributed by atoms with Crippen LogP contribution in [0.25, 0.3) is 22.5 Å². The first-order valence-corrected chi connectivity index (χ1v) is 6.70. The van der Waals surface area contributed by atoms with Crippen LogP contribution in [0.1, 0.15) is 11.1 Å². The van der Waals surface area contributed by atoms with E-state index in [0.717, 1.165) is 17.0 Å². The topological polar surface area (TPSA) is 30.7 Å². The van der Waals surface area contributed by atoms with Crippen LogP contribution in [0.2, 0.25) is 0 Å². The second-order valence-electron chi connectivity index (χ2n) is 5.04. The molecule has 0 unspecified atom stereocenters. The molecule has 3 aromatic rings. The van der Waals surface area contributed by atoms with Crippen molar-refractivity contribution in [2.45, 2.75) is 13.8 Å². The average Bonchev–Trinajstić information content (AvgIpc) is 2.82. The van der Waals surface area contributed by atoms with E-state index in [1.54, 1.807) is 0 Å². The van der Waals surface area contributed by atoms with Gasteiger partial charge in [0.15, 0.2) is 0 Å². The van der Waals surface area contributed by atoms with Crippen molar-refractivity contribution in [3.05, 3.63) is 59.7 Å². The number of nitrogens with zero attached hydrogens (tertiary/aromatic N) is 3. The maximum Gasteiger partial charge on any atom is 0.121 e. The molecule has 0 saturated carbocycles. The standard InChI is InChI=1S/C17H17N3/c1-12-8-4-6-10-14(12)16-17(20(3)19-18-16)15-11-7-5-9-13(15)2/h4-11H,1-3H3. The highest BCUT2D eigenvalue weighted by Crippen LogP contribution is 2.32. The molecule has 1 aromatic heterocycles. The van der Waals surface area contributed by atoms with Gasteiger partial charge >= 0.3 is 0 Å². The lowest BCUT2D eigenvalue weighted by Crippen LogP contribution is -1.96. The molecule has 100 valence electrons. The summed E-state index contributed by atoms with van der Waals surface area (Å²) >= 11 is 0. The third kappa shape index (κ3) is 2.01. The van der Waals surface area contributed by atoms with E-state index in [9.17, 15) is 0 Å². The van der Waals surface area contributed by atoms with E-state index >= 15 is 0 Å². The van der Waals surface area contributed by atoms with Crippen molar-refractivity contribution in [3.63, 3.8) is 0 Å². The van der Waals surface area contributed by atoms with Gasteiger partial charge in [0.1, 0.15) is 5.69 Å². The van der Waals surface area contributed by atoms with Crippen molar-refractivity contribution >= 4 is 0 Å². The van der Waals surface area contributed by atoms with Gasteiger partial charge in [-0.05, 0) is 25.0 Å². The Kier molecular flexibility index (Phi) is 3.11. The molecule has 1 heterocycles. The van der Waals surface area contributed by atoms with Crippen LogP contribution in [-0.2, 0) is 7.05 Å². The summed E-state index contributed by atoms with van der Waals surface area (Å²) in [5.41, 5.74) is 6.77. The fraction of sp³-hybridized carbons (Fsp3) is 0.176. The van der Waals surface area contributed by atoms with Crippen LogP contribution in [0, 0.1) is 13.8 Å². The zero-order valence-corrected chi connectivity index (χ0v) is 12.0. The van der Waals surface area contributed by atoms with Crippen molar-refractivity contribution in [1.82, 2.24) is 15.0 Å². The fourth-order valence-electron chi connectivity index (χ4n) is 2.52. The molecule has 0 aliphatic rings. The van der Waals surface area contributed by atoms with Gasteiger partial charge in [-0.15, -0.1) is 5.10 Å². The number of aryl methyl sites for hydroxylation is 3. The zero-order valence-electron chi connectivity index (χ0n) is 12.0. The lowest BCUT2D eigenvalue weighted by atomic mass is 9.98. The second kappa shape index (κ2) is 4.93. The van der Waals surface area contributed by atoms with Gasteiger partial charge in [0.2, 0.25) is 0 Å². The fourth-order valence-corrected chi connectivity index (χ4v) is 2.52. The van der Waals surface area contributed by atoms with Gasteiger partial charge in [-0.25, -0.2) is 4.68 Å². The highest BCUT2D eigenvalue weighted by atomic mass is 15.4. The number of benzene rings is 2. The van der Waals surface area contributed by atoms with E-state index in [4.69, 9.17) is 0 Å². The monoisotopic (exact) mass is 263 g/mol. The lowest BCUT2D eigenvalue weighted by Gasteiger charge is -2.09. The molecule has 3 nitrogen and oxygen atoms in total. The van der Waals surface area contributed by atoms with Gasteiger partial charge in [-0.3, -0.25) is 0 Å². The van der Waals surface area contributed by atoms with Crippen LogP contribution in [0.5, 0.6) is 0 Å². The molecule has 0 radical (unpaired) electrons. The molecule has 0 bridgehead atoms. The summed E-state index contributed by atoms with van der Waals surface area (Å²) in [4.78, 5) is 0. The van der Waals surface area contributed by atoms with Gasteiger partial charge in [-0.2, -0.15) is 0 Å². The van der Waals surface area contributed by atoms with Crippen molar-refractivity contribution in [2.24, 2.45) is 7.05 Å². The minimum atomic E-state index is 0.944. The van der Waals surface area contributed by atoms with Crippen LogP contribution < -0.4 is 0 Å². The number of rotatable bonds is 2. The van der Waals surface area contributed by atoms with Crippen molar-refractivity contribution < 1.29 is 0 Å². The van der Waals surface area contributed by atoms with Crippen LogP contribution >= 0.6 is 0 Å².